The van der Waals surface area contributed by atoms with Gasteiger partial charge in [-0.3, -0.25) is 4.79 Å². The summed E-state index contributed by atoms with van der Waals surface area (Å²) in [6.45, 7) is 4.48. The van der Waals surface area contributed by atoms with Crippen molar-refractivity contribution in [3.8, 4) is 5.75 Å². The lowest BCUT2D eigenvalue weighted by molar-refractivity contribution is -0.148. The summed E-state index contributed by atoms with van der Waals surface area (Å²) in [7, 11) is 0. The fraction of sp³-hybridized carbons (Fsp3) is 0.600. The first-order valence-electron chi connectivity index (χ1n) is 9.21. The summed E-state index contributed by atoms with van der Waals surface area (Å²) >= 11 is 0. The number of esters is 1. The highest BCUT2D eigenvalue weighted by molar-refractivity contribution is 6.03. The van der Waals surface area contributed by atoms with E-state index in [0.717, 1.165) is 35.4 Å². The van der Waals surface area contributed by atoms with E-state index in [9.17, 15) is 9.90 Å². The van der Waals surface area contributed by atoms with Gasteiger partial charge in [0.25, 0.3) is 0 Å². The average molecular weight is 343 g/mol. The lowest BCUT2D eigenvalue weighted by atomic mass is 9.85. The van der Waals surface area contributed by atoms with Crippen LogP contribution in [0.3, 0.4) is 0 Å². The van der Waals surface area contributed by atoms with Crippen molar-refractivity contribution in [1.82, 2.24) is 0 Å². The highest BCUT2D eigenvalue weighted by Gasteiger charge is 2.64. The molecule has 1 aromatic rings. The molecule has 134 valence electrons. The van der Waals surface area contributed by atoms with E-state index < -0.39 is 0 Å². The first-order valence-corrected chi connectivity index (χ1v) is 9.21. The molecule has 2 fully saturated rings. The van der Waals surface area contributed by atoms with Crippen molar-refractivity contribution in [1.29, 1.82) is 0 Å². The molecule has 1 N–H and O–H groups in total. The highest BCUT2D eigenvalue weighted by Crippen LogP contribution is 2.70. The predicted molar refractivity (Wildman–Crippen MR) is 93.1 cm³/mol. The predicted octanol–water partition coefficient (Wildman–Crippen LogP) is 3.36. The van der Waals surface area contributed by atoms with Crippen LogP contribution in [-0.2, 0) is 14.4 Å². The van der Waals surface area contributed by atoms with E-state index in [1.807, 2.05) is 26.0 Å². The van der Waals surface area contributed by atoms with Gasteiger partial charge in [0.15, 0.2) is 0 Å². The van der Waals surface area contributed by atoms with Crippen LogP contribution >= 0.6 is 0 Å². The van der Waals surface area contributed by atoms with Crippen LogP contribution in [0.15, 0.2) is 29.4 Å². The lowest BCUT2D eigenvalue weighted by Crippen LogP contribution is -2.29. The smallest absolute Gasteiger partial charge is 0.309 e. The van der Waals surface area contributed by atoms with Gasteiger partial charge in [-0.2, -0.15) is 0 Å². The number of aromatic hydroxyl groups is 1. The highest BCUT2D eigenvalue weighted by atomic mass is 16.6. The van der Waals surface area contributed by atoms with Crippen LogP contribution in [0.25, 0.3) is 0 Å². The Bertz CT molecular complexity index is 673. The van der Waals surface area contributed by atoms with Crippen molar-refractivity contribution in [2.24, 2.45) is 34.7 Å². The van der Waals surface area contributed by atoms with E-state index in [0.29, 0.717) is 12.5 Å². The van der Waals surface area contributed by atoms with Crippen molar-refractivity contribution in [2.45, 2.75) is 39.2 Å². The molecule has 3 aliphatic rings. The summed E-state index contributed by atoms with van der Waals surface area (Å²) in [6.07, 6.45) is 2.38. The van der Waals surface area contributed by atoms with Gasteiger partial charge < -0.3 is 14.7 Å². The minimum atomic E-state index is -0.247. The van der Waals surface area contributed by atoms with Crippen LogP contribution in [-0.4, -0.2) is 29.5 Å². The van der Waals surface area contributed by atoms with Crippen LogP contribution < -0.4 is 0 Å². The first kappa shape index (κ1) is 16.4. The van der Waals surface area contributed by atoms with E-state index >= 15 is 0 Å². The van der Waals surface area contributed by atoms with Gasteiger partial charge >= 0.3 is 5.97 Å². The van der Waals surface area contributed by atoms with Crippen LogP contribution in [0.5, 0.6) is 5.75 Å². The van der Waals surface area contributed by atoms with Gasteiger partial charge in [-0.1, -0.05) is 19.0 Å². The third-order valence-electron chi connectivity index (χ3n) is 5.57. The maximum absolute atomic E-state index is 12.1. The van der Waals surface area contributed by atoms with Crippen LogP contribution in [0.1, 0.15) is 38.7 Å². The summed E-state index contributed by atoms with van der Waals surface area (Å²) in [5, 5.41) is 13.8. The summed E-state index contributed by atoms with van der Waals surface area (Å²) in [6, 6.07) is 7.04. The molecule has 1 heterocycles. The Balaban J connectivity index is 1.44. The van der Waals surface area contributed by atoms with Crippen molar-refractivity contribution >= 4 is 11.7 Å². The molecular weight excluding hydrogens is 318 g/mol. The normalized spacial score (nSPS) is 32.0. The van der Waals surface area contributed by atoms with Gasteiger partial charge in [0, 0.05) is 5.92 Å². The Morgan fingerprint density at radius 3 is 2.64 bits per heavy atom. The van der Waals surface area contributed by atoms with Crippen molar-refractivity contribution < 1.29 is 19.5 Å². The molecule has 1 aliphatic heterocycles. The number of nitrogens with zero attached hydrogens (tertiary/aromatic N) is 1. The Morgan fingerprint density at radius 1 is 1.32 bits per heavy atom. The van der Waals surface area contributed by atoms with Gasteiger partial charge in [0.1, 0.15) is 11.9 Å². The quantitative estimate of drug-likeness (QED) is 0.771. The molecule has 0 saturated heterocycles. The molecule has 0 spiro atoms. The van der Waals surface area contributed by atoms with E-state index in [-0.39, 0.29) is 30.2 Å². The number of carbonyl (C=O) groups is 1. The average Bonchev–Trinajstić information content (AvgIpc) is 3.45. The van der Waals surface area contributed by atoms with Crippen molar-refractivity contribution in [3.63, 3.8) is 0 Å². The molecule has 2 saturated carbocycles. The molecular formula is C20H25NO4. The fourth-order valence-corrected chi connectivity index (χ4v) is 3.82. The number of carbonyl (C=O) groups excluding carboxylic acids is 1. The van der Waals surface area contributed by atoms with Gasteiger partial charge in [-0.25, -0.2) is 0 Å². The first-order chi connectivity index (χ1) is 12.0. The number of ether oxygens (including phenoxy) is 1. The van der Waals surface area contributed by atoms with Crippen LogP contribution in [0, 0.1) is 29.6 Å². The summed E-state index contributed by atoms with van der Waals surface area (Å²) in [5.74, 6) is 3.03. The number of phenols is 1. The lowest BCUT2D eigenvalue weighted by Gasteiger charge is -2.20. The van der Waals surface area contributed by atoms with Crippen LogP contribution in [0.4, 0.5) is 0 Å². The zero-order valence-electron chi connectivity index (χ0n) is 14.7. The largest absolute Gasteiger partial charge is 0.508 e. The molecule has 0 bridgehead atoms. The molecule has 2 aliphatic carbocycles. The Kier molecular flexibility index (Phi) is 4.18. The number of hydrogen-bond acceptors (Lipinski definition) is 5. The Morgan fingerprint density at radius 2 is 2.04 bits per heavy atom. The Hall–Kier alpha value is -2.04. The van der Waals surface area contributed by atoms with Crippen LogP contribution in [0.2, 0.25) is 0 Å². The number of oxime groups is 1. The molecule has 4 atom stereocenters. The maximum atomic E-state index is 12.1. The SMILES string of the molecule is CC(C)COC(=O)CC1ON=C(c2ccc(O)cc2)C1CC1C2CC12. The van der Waals surface area contributed by atoms with Crippen molar-refractivity contribution in [3.05, 3.63) is 29.8 Å². The number of rotatable bonds is 7. The zero-order valence-corrected chi connectivity index (χ0v) is 14.7. The number of benzene rings is 1. The molecule has 1 aromatic carbocycles. The Labute approximate surface area is 148 Å². The second-order valence-electron chi connectivity index (χ2n) is 8.02. The third kappa shape index (κ3) is 3.51. The van der Waals surface area contributed by atoms with Gasteiger partial charge in [0.05, 0.1) is 18.7 Å². The second kappa shape index (κ2) is 6.36. The molecule has 0 radical (unpaired) electrons. The van der Waals surface area contributed by atoms with E-state index in [4.69, 9.17) is 9.57 Å². The topological polar surface area (TPSA) is 68.1 Å². The number of fused-ring (bicyclic) bond motifs is 1. The second-order valence-corrected chi connectivity index (χ2v) is 8.02. The fourth-order valence-electron chi connectivity index (χ4n) is 3.82. The monoisotopic (exact) mass is 343 g/mol. The molecule has 25 heavy (non-hydrogen) atoms. The summed E-state index contributed by atoms with van der Waals surface area (Å²) in [4.78, 5) is 17.8. The summed E-state index contributed by atoms with van der Waals surface area (Å²) < 4.78 is 5.32. The third-order valence-corrected chi connectivity index (χ3v) is 5.57. The number of hydrogen-bond donors (Lipinski definition) is 1. The van der Waals surface area contributed by atoms with E-state index in [1.165, 1.54) is 6.42 Å². The van der Waals surface area contributed by atoms with Crippen molar-refractivity contribution in [2.75, 3.05) is 6.61 Å². The zero-order chi connectivity index (χ0) is 17.6. The van der Waals surface area contributed by atoms with E-state index in [2.05, 4.69) is 5.16 Å². The molecule has 4 unspecified atom stereocenters. The van der Waals surface area contributed by atoms with Gasteiger partial charge in [0.2, 0.25) is 0 Å². The maximum Gasteiger partial charge on any atom is 0.309 e. The molecule has 4 rings (SSSR count). The van der Waals surface area contributed by atoms with Gasteiger partial charge in [-0.05, 0) is 66.3 Å². The summed E-state index contributed by atoms with van der Waals surface area (Å²) in [5.41, 5.74) is 1.85. The standard InChI is InChI=1S/C20H25NO4/c1-11(2)10-24-19(23)9-18-17(8-16-14-7-15(14)16)20(21-25-18)12-3-5-13(22)6-4-12/h3-6,11,14-18,22H,7-10H2,1-2H3. The minimum absolute atomic E-state index is 0.119. The minimum Gasteiger partial charge on any atom is -0.508 e. The molecule has 0 amide bonds. The number of phenolic OH excluding ortho intramolecular Hbond substituents is 1. The van der Waals surface area contributed by atoms with Gasteiger partial charge in [-0.15, -0.1) is 0 Å². The van der Waals surface area contributed by atoms with E-state index in [1.54, 1.807) is 12.1 Å². The molecule has 5 nitrogen and oxygen atoms in total. The molecule has 0 aromatic heterocycles. The molecule has 5 heteroatoms.